The van der Waals surface area contributed by atoms with Crippen LogP contribution in [0.2, 0.25) is 0 Å². The van der Waals surface area contributed by atoms with Crippen molar-refractivity contribution in [2.45, 2.75) is 33.9 Å². The molecule has 0 aliphatic carbocycles. The minimum absolute atomic E-state index is 0.0274. The first-order valence-corrected chi connectivity index (χ1v) is 6.16. The third-order valence-corrected chi connectivity index (χ3v) is 2.62. The van der Waals surface area contributed by atoms with Gasteiger partial charge in [-0.1, -0.05) is 30.0 Å². The molecule has 0 unspecified atom stereocenters. The van der Waals surface area contributed by atoms with Gasteiger partial charge in [0.1, 0.15) is 6.54 Å². The highest BCUT2D eigenvalue weighted by molar-refractivity contribution is 5.81. The number of para-hydroxylation sites is 1. The van der Waals surface area contributed by atoms with Gasteiger partial charge in [0.15, 0.2) is 0 Å². The fourth-order valence-electron chi connectivity index (χ4n) is 1.85. The monoisotopic (exact) mass is 241 g/mol. The van der Waals surface area contributed by atoms with Crippen LogP contribution in [0.4, 0.5) is 0 Å². The van der Waals surface area contributed by atoms with Gasteiger partial charge in [-0.05, 0) is 26.8 Å². The summed E-state index contributed by atoms with van der Waals surface area (Å²) in [6.45, 7) is 7.38. The summed E-state index contributed by atoms with van der Waals surface area (Å²) in [5.41, 5.74) is 7.77. The van der Waals surface area contributed by atoms with E-state index >= 15 is 0 Å². The van der Waals surface area contributed by atoms with Gasteiger partial charge in [-0.3, -0.25) is 4.68 Å². The number of nitrogens with zero attached hydrogens (tertiary/aromatic N) is 2. The molecule has 2 N–H and O–H groups in total. The van der Waals surface area contributed by atoms with E-state index in [1.54, 1.807) is 0 Å². The second-order valence-electron chi connectivity index (χ2n) is 5.38. The lowest BCUT2D eigenvalue weighted by atomic mass is 9.98. The molecule has 0 radical (unpaired) electrons. The lowest BCUT2D eigenvalue weighted by molar-refractivity contribution is 0.569. The molecule has 0 atom stereocenters. The van der Waals surface area contributed by atoms with Gasteiger partial charge < -0.3 is 5.73 Å². The number of nitrogens with two attached hydrogens (primary N) is 1. The van der Waals surface area contributed by atoms with Gasteiger partial charge in [-0.25, -0.2) is 0 Å². The van der Waals surface area contributed by atoms with E-state index < -0.39 is 0 Å². The summed E-state index contributed by atoms with van der Waals surface area (Å²) in [5.74, 6) is 6.40. The molecular weight excluding hydrogens is 222 g/mol. The molecule has 0 amide bonds. The lowest BCUT2D eigenvalue weighted by Crippen LogP contribution is -2.04. The van der Waals surface area contributed by atoms with E-state index in [-0.39, 0.29) is 5.41 Å². The first kappa shape index (κ1) is 12.7. The first-order valence-electron chi connectivity index (χ1n) is 6.16. The Hall–Kier alpha value is -1.79. The van der Waals surface area contributed by atoms with E-state index in [1.807, 2.05) is 16.8 Å². The fourth-order valence-corrected chi connectivity index (χ4v) is 1.85. The average molecular weight is 241 g/mol. The fraction of sp³-hybridized carbons (Fsp3) is 0.400. The Morgan fingerprint density at radius 1 is 1.28 bits per heavy atom. The van der Waals surface area contributed by atoms with Crippen LogP contribution in [0.1, 0.15) is 26.5 Å². The molecule has 18 heavy (non-hydrogen) atoms. The van der Waals surface area contributed by atoms with Gasteiger partial charge in [-0.15, -0.1) is 0 Å². The Bertz CT molecular complexity index is 606. The first-order chi connectivity index (χ1) is 8.51. The van der Waals surface area contributed by atoms with E-state index in [9.17, 15) is 0 Å². The van der Waals surface area contributed by atoms with Gasteiger partial charge in [0.05, 0.1) is 11.2 Å². The Labute approximate surface area is 108 Å². The van der Waals surface area contributed by atoms with Gasteiger partial charge in [0.25, 0.3) is 0 Å². The molecule has 1 heterocycles. The van der Waals surface area contributed by atoms with Crippen molar-refractivity contribution in [3.05, 3.63) is 30.0 Å². The normalized spacial score (nSPS) is 11.3. The molecule has 3 nitrogen and oxygen atoms in total. The molecule has 1 aromatic carbocycles. The number of hydrogen-bond acceptors (Lipinski definition) is 2. The number of aromatic nitrogens is 2. The van der Waals surface area contributed by atoms with Gasteiger partial charge >= 0.3 is 0 Å². The minimum Gasteiger partial charge on any atom is -0.325 e. The molecule has 0 fully saturated rings. The lowest BCUT2D eigenvalue weighted by Gasteiger charge is -2.06. The van der Waals surface area contributed by atoms with Crippen molar-refractivity contribution in [1.29, 1.82) is 0 Å². The van der Waals surface area contributed by atoms with Crippen molar-refractivity contribution < 1.29 is 0 Å². The smallest absolute Gasteiger partial charge is 0.102 e. The summed E-state index contributed by atoms with van der Waals surface area (Å²) >= 11 is 0. The number of rotatable bonds is 2. The summed E-state index contributed by atoms with van der Waals surface area (Å²) in [6, 6.07) is 8.13. The zero-order valence-electron chi connectivity index (χ0n) is 11.2. The molecule has 1 aromatic heterocycles. The van der Waals surface area contributed by atoms with Crippen molar-refractivity contribution in [3.63, 3.8) is 0 Å². The quantitative estimate of drug-likeness (QED) is 0.821. The van der Waals surface area contributed by atoms with Crippen LogP contribution < -0.4 is 5.73 Å². The van der Waals surface area contributed by atoms with Crippen molar-refractivity contribution in [3.8, 4) is 11.8 Å². The zero-order valence-corrected chi connectivity index (χ0v) is 11.2. The van der Waals surface area contributed by atoms with Crippen molar-refractivity contribution in [2.75, 3.05) is 0 Å². The zero-order chi connectivity index (χ0) is 13.2. The van der Waals surface area contributed by atoms with Crippen molar-refractivity contribution in [1.82, 2.24) is 9.78 Å². The Kier molecular flexibility index (Phi) is 3.40. The van der Waals surface area contributed by atoms with Gasteiger partial charge in [0, 0.05) is 17.3 Å². The van der Waals surface area contributed by atoms with Crippen LogP contribution in [0.15, 0.2) is 24.3 Å². The van der Waals surface area contributed by atoms with E-state index in [0.717, 1.165) is 16.6 Å². The molecule has 0 saturated carbocycles. The Morgan fingerprint density at radius 2 is 2.00 bits per heavy atom. The van der Waals surface area contributed by atoms with E-state index in [4.69, 9.17) is 5.73 Å². The highest BCUT2D eigenvalue weighted by Crippen LogP contribution is 2.17. The third kappa shape index (κ3) is 2.72. The molecule has 94 valence electrons. The molecule has 2 aromatic rings. The predicted molar refractivity (Wildman–Crippen MR) is 74.9 cm³/mol. The molecule has 0 spiro atoms. The van der Waals surface area contributed by atoms with Crippen LogP contribution in [-0.4, -0.2) is 9.78 Å². The Balaban J connectivity index is 2.36. The maximum atomic E-state index is 5.72. The SMILES string of the molecule is CC(C)(C)C#CCn1nc(CN)c2ccccc21. The summed E-state index contributed by atoms with van der Waals surface area (Å²) in [6.07, 6.45) is 0. The molecule has 2 rings (SSSR count). The summed E-state index contributed by atoms with van der Waals surface area (Å²) < 4.78 is 1.93. The van der Waals surface area contributed by atoms with Gasteiger partial charge in [-0.2, -0.15) is 5.10 Å². The molecular formula is C15H19N3. The summed E-state index contributed by atoms with van der Waals surface area (Å²) in [4.78, 5) is 0. The second kappa shape index (κ2) is 4.83. The van der Waals surface area contributed by atoms with E-state index in [1.165, 1.54) is 0 Å². The highest BCUT2D eigenvalue weighted by Gasteiger charge is 2.08. The number of fused-ring (bicyclic) bond motifs is 1. The maximum absolute atomic E-state index is 5.72. The van der Waals surface area contributed by atoms with Crippen molar-refractivity contribution in [2.24, 2.45) is 11.1 Å². The minimum atomic E-state index is 0.0274. The van der Waals surface area contributed by atoms with Gasteiger partial charge in [0.2, 0.25) is 0 Å². The van der Waals surface area contributed by atoms with Crippen LogP contribution in [0.5, 0.6) is 0 Å². The predicted octanol–water partition coefficient (Wildman–Crippen LogP) is 2.54. The molecule has 0 aliphatic rings. The topological polar surface area (TPSA) is 43.8 Å². The largest absolute Gasteiger partial charge is 0.325 e. The molecule has 3 heteroatoms. The van der Waals surface area contributed by atoms with Crippen LogP contribution >= 0.6 is 0 Å². The average Bonchev–Trinajstić information content (AvgIpc) is 2.66. The van der Waals surface area contributed by atoms with Crippen LogP contribution in [0.25, 0.3) is 10.9 Å². The molecule has 0 aliphatic heterocycles. The molecule has 0 bridgehead atoms. The standard InChI is InChI=1S/C15H19N3/c1-15(2,3)9-6-10-18-14-8-5-4-7-12(14)13(11-16)17-18/h4-5,7-8H,10-11,16H2,1-3H3. The highest BCUT2D eigenvalue weighted by atomic mass is 15.3. The third-order valence-electron chi connectivity index (χ3n) is 2.62. The van der Waals surface area contributed by atoms with Crippen molar-refractivity contribution >= 4 is 10.9 Å². The van der Waals surface area contributed by atoms with E-state index in [0.29, 0.717) is 13.1 Å². The number of hydrogen-bond donors (Lipinski definition) is 1. The second-order valence-corrected chi connectivity index (χ2v) is 5.38. The number of benzene rings is 1. The van der Waals surface area contributed by atoms with Crippen LogP contribution in [0, 0.1) is 17.3 Å². The Morgan fingerprint density at radius 3 is 2.67 bits per heavy atom. The van der Waals surface area contributed by atoms with Crippen LogP contribution in [0.3, 0.4) is 0 Å². The van der Waals surface area contributed by atoms with E-state index in [2.05, 4.69) is 49.8 Å². The molecule has 0 saturated heterocycles. The maximum Gasteiger partial charge on any atom is 0.102 e. The summed E-state index contributed by atoms with van der Waals surface area (Å²) in [7, 11) is 0. The summed E-state index contributed by atoms with van der Waals surface area (Å²) in [5, 5.41) is 5.64. The van der Waals surface area contributed by atoms with Crippen LogP contribution in [-0.2, 0) is 13.1 Å².